The molecular weight excluding hydrogens is 256 g/mol. The summed E-state index contributed by atoms with van der Waals surface area (Å²) in [4.78, 5) is 10.4. The third-order valence-electron chi connectivity index (χ3n) is 3.37. The van der Waals surface area contributed by atoms with E-state index in [-0.39, 0.29) is 25.2 Å². The number of aryl methyl sites for hydroxylation is 1. The first-order valence-electron chi connectivity index (χ1n) is 6.43. The number of nitrogens with zero attached hydrogens (tertiary/aromatic N) is 3. The van der Waals surface area contributed by atoms with Gasteiger partial charge in [-0.3, -0.25) is 9.48 Å². The Morgan fingerprint density at radius 3 is 3.05 bits per heavy atom. The number of alkyl halides is 2. The van der Waals surface area contributed by atoms with E-state index in [0.29, 0.717) is 25.1 Å². The Kier molecular flexibility index (Phi) is 4.11. The summed E-state index contributed by atoms with van der Waals surface area (Å²) in [6.07, 6.45) is 3.16. The summed E-state index contributed by atoms with van der Waals surface area (Å²) in [5.74, 6) is -3.53. The number of halogens is 2. The lowest BCUT2D eigenvalue weighted by molar-refractivity contribution is -0.136. The van der Waals surface area contributed by atoms with Crippen LogP contribution < -0.4 is 0 Å². The molecule has 1 saturated carbocycles. The second kappa shape index (κ2) is 5.63. The summed E-state index contributed by atoms with van der Waals surface area (Å²) in [6, 6.07) is 0. The molecule has 1 atom stereocenters. The quantitative estimate of drug-likeness (QED) is 0.892. The molecule has 0 saturated heterocycles. The zero-order chi connectivity index (χ0) is 13.9. The van der Waals surface area contributed by atoms with Crippen molar-refractivity contribution in [2.45, 2.75) is 51.0 Å². The lowest BCUT2D eigenvalue weighted by Gasteiger charge is -2.28. The standard InChI is InChI=1S/C12H17F2N3O2/c13-12(14)5-1-2-9(6-12)7-17-8-10(15-16-17)3-4-11(18)19/h8-9H,1-7H2,(H,18,19). The number of carboxylic acids is 1. The molecule has 7 heteroatoms. The van der Waals surface area contributed by atoms with Gasteiger partial charge in [-0.05, 0) is 18.8 Å². The minimum atomic E-state index is -2.56. The molecule has 19 heavy (non-hydrogen) atoms. The fraction of sp³-hybridized carbons (Fsp3) is 0.750. The molecule has 1 aliphatic carbocycles. The topological polar surface area (TPSA) is 68.0 Å². The van der Waals surface area contributed by atoms with Crippen molar-refractivity contribution in [2.24, 2.45) is 5.92 Å². The number of rotatable bonds is 5. The normalized spacial score (nSPS) is 22.3. The number of carbonyl (C=O) groups is 1. The third-order valence-corrected chi connectivity index (χ3v) is 3.37. The van der Waals surface area contributed by atoms with Crippen LogP contribution in [0.2, 0.25) is 0 Å². The van der Waals surface area contributed by atoms with Crippen LogP contribution in [0.15, 0.2) is 6.20 Å². The molecule has 0 aromatic carbocycles. The number of hydrogen-bond donors (Lipinski definition) is 1. The maximum absolute atomic E-state index is 13.3. The summed E-state index contributed by atoms with van der Waals surface area (Å²) in [5.41, 5.74) is 0.588. The van der Waals surface area contributed by atoms with Crippen molar-refractivity contribution < 1.29 is 18.7 Å². The van der Waals surface area contributed by atoms with Gasteiger partial charge in [-0.25, -0.2) is 8.78 Å². The highest BCUT2D eigenvalue weighted by Gasteiger charge is 2.36. The largest absolute Gasteiger partial charge is 0.481 e. The highest BCUT2D eigenvalue weighted by Crippen LogP contribution is 2.37. The van der Waals surface area contributed by atoms with E-state index in [1.54, 1.807) is 10.9 Å². The van der Waals surface area contributed by atoms with Crippen molar-refractivity contribution >= 4 is 5.97 Å². The molecule has 1 unspecified atom stereocenters. The lowest BCUT2D eigenvalue weighted by atomic mass is 9.86. The van der Waals surface area contributed by atoms with E-state index in [1.807, 2.05) is 0 Å². The van der Waals surface area contributed by atoms with Crippen LogP contribution >= 0.6 is 0 Å². The van der Waals surface area contributed by atoms with Gasteiger partial charge in [0.25, 0.3) is 0 Å². The Bertz CT molecular complexity index is 448. The molecular formula is C12H17F2N3O2. The fourth-order valence-corrected chi connectivity index (χ4v) is 2.47. The predicted molar refractivity (Wildman–Crippen MR) is 62.9 cm³/mol. The molecule has 0 aliphatic heterocycles. The van der Waals surface area contributed by atoms with Gasteiger partial charge in [0.15, 0.2) is 0 Å². The van der Waals surface area contributed by atoms with Gasteiger partial charge in [0.2, 0.25) is 5.92 Å². The average molecular weight is 273 g/mol. The summed E-state index contributed by atoms with van der Waals surface area (Å²) in [6.45, 7) is 0.426. The summed E-state index contributed by atoms with van der Waals surface area (Å²) >= 11 is 0. The Labute approximate surface area is 109 Å². The summed E-state index contributed by atoms with van der Waals surface area (Å²) in [7, 11) is 0. The van der Waals surface area contributed by atoms with Gasteiger partial charge in [-0.15, -0.1) is 5.10 Å². The highest BCUT2D eigenvalue weighted by atomic mass is 19.3. The molecule has 1 aromatic rings. The van der Waals surface area contributed by atoms with Crippen LogP contribution in [-0.2, 0) is 17.8 Å². The first-order chi connectivity index (χ1) is 8.94. The maximum atomic E-state index is 13.3. The van der Waals surface area contributed by atoms with Crippen molar-refractivity contribution in [3.8, 4) is 0 Å². The van der Waals surface area contributed by atoms with E-state index in [2.05, 4.69) is 10.3 Å². The molecule has 0 spiro atoms. The van der Waals surface area contributed by atoms with E-state index < -0.39 is 11.9 Å². The van der Waals surface area contributed by atoms with Gasteiger partial charge in [0.05, 0.1) is 12.1 Å². The molecule has 106 valence electrons. The van der Waals surface area contributed by atoms with E-state index in [9.17, 15) is 13.6 Å². The number of carboxylic acid groups (broad SMARTS) is 1. The van der Waals surface area contributed by atoms with Gasteiger partial charge in [0, 0.05) is 32.0 Å². The van der Waals surface area contributed by atoms with Gasteiger partial charge in [-0.1, -0.05) is 5.21 Å². The fourth-order valence-electron chi connectivity index (χ4n) is 2.47. The van der Waals surface area contributed by atoms with Crippen molar-refractivity contribution in [1.82, 2.24) is 15.0 Å². The van der Waals surface area contributed by atoms with Crippen LogP contribution in [0.3, 0.4) is 0 Å². The molecule has 1 aliphatic rings. The average Bonchev–Trinajstić information content (AvgIpc) is 2.73. The third kappa shape index (κ3) is 4.25. The smallest absolute Gasteiger partial charge is 0.303 e. The zero-order valence-electron chi connectivity index (χ0n) is 10.6. The highest BCUT2D eigenvalue weighted by molar-refractivity contribution is 5.66. The first-order valence-corrected chi connectivity index (χ1v) is 6.43. The summed E-state index contributed by atoms with van der Waals surface area (Å²) in [5, 5.41) is 16.3. The molecule has 2 rings (SSSR count). The second-order valence-corrected chi connectivity index (χ2v) is 5.14. The van der Waals surface area contributed by atoms with E-state index in [1.165, 1.54) is 0 Å². The molecule has 0 amide bonds. The molecule has 0 radical (unpaired) electrons. The molecule has 1 aromatic heterocycles. The second-order valence-electron chi connectivity index (χ2n) is 5.14. The SMILES string of the molecule is O=C(O)CCc1cn(CC2CCCC(F)(F)C2)nn1. The van der Waals surface area contributed by atoms with Crippen LogP contribution in [0, 0.1) is 5.92 Å². The van der Waals surface area contributed by atoms with E-state index >= 15 is 0 Å². The van der Waals surface area contributed by atoms with Crippen LogP contribution in [0.1, 0.15) is 37.8 Å². The zero-order valence-corrected chi connectivity index (χ0v) is 10.6. The van der Waals surface area contributed by atoms with Crippen LogP contribution in [0.4, 0.5) is 8.78 Å². The molecule has 1 fully saturated rings. The first kappa shape index (κ1) is 13.9. The Morgan fingerprint density at radius 2 is 2.37 bits per heavy atom. The van der Waals surface area contributed by atoms with Crippen molar-refractivity contribution in [1.29, 1.82) is 0 Å². The number of hydrogen-bond acceptors (Lipinski definition) is 3. The van der Waals surface area contributed by atoms with Gasteiger partial charge < -0.3 is 5.11 Å². The predicted octanol–water partition coefficient (Wildman–Crippen LogP) is 2.12. The maximum Gasteiger partial charge on any atom is 0.303 e. The Morgan fingerprint density at radius 1 is 1.58 bits per heavy atom. The number of aliphatic carboxylic acids is 1. The van der Waals surface area contributed by atoms with Crippen LogP contribution in [0.5, 0.6) is 0 Å². The van der Waals surface area contributed by atoms with Crippen LogP contribution in [0.25, 0.3) is 0 Å². The van der Waals surface area contributed by atoms with Gasteiger partial charge in [-0.2, -0.15) is 0 Å². The van der Waals surface area contributed by atoms with Crippen molar-refractivity contribution in [3.05, 3.63) is 11.9 Å². The van der Waals surface area contributed by atoms with E-state index in [0.717, 1.165) is 6.42 Å². The monoisotopic (exact) mass is 273 g/mol. The minimum Gasteiger partial charge on any atom is -0.481 e. The van der Waals surface area contributed by atoms with Crippen molar-refractivity contribution in [2.75, 3.05) is 0 Å². The van der Waals surface area contributed by atoms with E-state index in [4.69, 9.17) is 5.11 Å². The Balaban J connectivity index is 1.87. The van der Waals surface area contributed by atoms with Gasteiger partial charge >= 0.3 is 5.97 Å². The number of aromatic nitrogens is 3. The molecule has 1 N–H and O–H groups in total. The lowest BCUT2D eigenvalue weighted by Crippen LogP contribution is -2.28. The molecule has 1 heterocycles. The molecule has 0 bridgehead atoms. The van der Waals surface area contributed by atoms with Crippen LogP contribution in [-0.4, -0.2) is 32.0 Å². The van der Waals surface area contributed by atoms with Crippen molar-refractivity contribution in [3.63, 3.8) is 0 Å². The Hall–Kier alpha value is -1.53. The summed E-state index contributed by atoms with van der Waals surface area (Å²) < 4.78 is 28.1. The minimum absolute atomic E-state index is 0.000191. The molecule has 5 nitrogen and oxygen atoms in total. The van der Waals surface area contributed by atoms with Gasteiger partial charge in [0.1, 0.15) is 0 Å².